The van der Waals surface area contributed by atoms with Gasteiger partial charge in [0.15, 0.2) is 5.69 Å². The van der Waals surface area contributed by atoms with Crippen LogP contribution in [0.3, 0.4) is 0 Å². The van der Waals surface area contributed by atoms with Crippen LogP contribution in [0.25, 0.3) is 0 Å². The van der Waals surface area contributed by atoms with Crippen molar-refractivity contribution in [1.82, 2.24) is 15.2 Å². The summed E-state index contributed by atoms with van der Waals surface area (Å²) in [6.07, 6.45) is 1.65. The van der Waals surface area contributed by atoms with Crippen molar-refractivity contribution in [2.24, 2.45) is 5.10 Å². The number of hydrogen-bond donors (Lipinski definition) is 1. The number of carbonyl (C=O) groups excluding carboxylic acids is 1. The largest absolute Gasteiger partial charge is 0.497 e. The summed E-state index contributed by atoms with van der Waals surface area (Å²) >= 11 is 0. The fourth-order valence-electron chi connectivity index (χ4n) is 2.83. The standard InChI is InChI=1S/C21H21N5O5/c1-14(18-9-8-17(30-2)12-20(18)31-3)22-23-21(27)19-10-11-25(24-19)13-15-4-6-16(7-5-15)26(28)29/h4-12H,13H2,1-3H3,(H,23,27)/b22-14-. The molecule has 10 heteroatoms. The number of carbonyl (C=O) groups is 1. The number of methoxy groups -OCH3 is 2. The summed E-state index contributed by atoms with van der Waals surface area (Å²) < 4.78 is 12.1. The van der Waals surface area contributed by atoms with Crippen LogP contribution in [-0.4, -0.2) is 40.5 Å². The number of hydrogen-bond acceptors (Lipinski definition) is 7. The maximum Gasteiger partial charge on any atom is 0.291 e. The van der Waals surface area contributed by atoms with Gasteiger partial charge in [-0.05, 0) is 30.7 Å². The van der Waals surface area contributed by atoms with Gasteiger partial charge in [-0.3, -0.25) is 19.6 Å². The number of hydrazone groups is 1. The third-order valence-corrected chi connectivity index (χ3v) is 4.49. The summed E-state index contributed by atoms with van der Waals surface area (Å²) in [7, 11) is 3.11. The van der Waals surface area contributed by atoms with Crippen LogP contribution >= 0.6 is 0 Å². The number of rotatable bonds is 8. The number of ether oxygens (including phenoxy) is 2. The number of nitro groups is 1. The van der Waals surface area contributed by atoms with E-state index in [1.165, 1.54) is 12.1 Å². The Morgan fingerprint density at radius 3 is 2.55 bits per heavy atom. The summed E-state index contributed by atoms with van der Waals surface area (Å²) in [5.41, 5.74) is 4.79. The zero-order valence-corrected chi connectivity index (χ0v) is 17.2. The molecule has 0 aliphatic rings. The van der Waals surface area contributed by atoms with Crippen LogP contribution in [0.1, 0.15) is 28.5 Å². The lowest BCUT2D eigenvalue weighted by Crippen LogP contribution is -2.20. The minimum atomic E-state index is -0.464. The number of nitro benzene ring substituents is 1. The van der Waals surface area contributed by atoms with Gasteiger partial charge in [0.25, 0.3) is 11.6 Å². The molecule has 31 heavy (non-hydrogen) atoms. The number of aromatic nitrogens is 2. The van der Waals surface area contributed by atoms with Crippen molar-refractivity contribution in [2.45, 2.75) is 13.5 Å². The van der Waals surface area contributed by atoms with Gasteiger partial charge < -0.3 is 9.47 Å². The van der Waals surface area contributed by atoms with Gasteiger partial charge in [-0.15, -0.1) is 0 Å². The molecule has 1 N–H and O–H groups in total. The van der Waals surface area contributed by atoms with Gasteiger partial charge in [-0.2, -0.15) is 10.2 Å². The summed E-state index contributed by atoms with van der Waals surface area (Å²) in [6, 6.07) is 13.0. The number of benzene rings is 2. The third kappa shape index (κ3) is 5.24. The molecule has 0 saturated carbocycles. The van der Waals surface area contributed by atoms with E-state index >= 15 is 0 Å². The second-order valence-corrected chi connectivity index (χ2v) is 6.53. The predicted molar refractivity (Wildman–Crippen MR) is 114 cm³/mol. The van der Waals surface area contributed by atoms with Crippen molar-refractivity contribution in [3.8, 4) is 11.5 Å². The van der Waals surface area contributed by atoms with Gasteiger partial charge in [0, 0.05) is 30.0 Å². The monoisotopic (exact) mass is 423 g/mol. The van der Waals surface area contributed by atoms with E-state index < -0.39 is 10.8 Å². The van der Waals surface area contributed by atoms with E-state index in [1.54, 1.807) is 68.4 Å². The first kappa shape index (κ1) is 21.5. The molecule has 160 valence electrons. The molecule has 3 aromatic rings. The van der Waals surface area contributed by atoms with Gasteiger partial charge in [0.2, 0.25) is 0 Å². The molecule has 10 nitrogen and oxygen atoms in total. The van der Waals surface area contributed by atoms with Crippen molar-refractivity contribution < 1.29 is 19.2 Å². The van der Waals surface area contributed by atoms with Gasteiger partial charge in [0.05, 0.1) is 31.4 Å². The molecule has 1 heterocycles. The Labute approximate surface area is 178 Å². The lowest BCUT2D eigenvalue weighted by molar-refractivity contribution is -0.384. The number of amides is 1. The molecule has 0 radical (unpaired) electrons. The van der Waals surface area contributed by atoms with Crippen molar-refractivity contribution >= 4 is 17.3 Å². The Morgan fingerprint density at radius 2 is 1.90 bits per heavy atom. The highest BCUT2D eigenvalue weighted by atomic mass is 16.6. The highest BCUT2D eigenvalue weighted by Gasteiger charge is 2.12. The van der Waals surface area contributed by atoms with E-state index in [2.05, 4.69) is 15.6 Å². The van der Waals surface area contributed by atoms with E-state index in [0.29, 0.717) is 29.3 Å². The fraction of sp³-hybridized carbons (Fsp3) is 0.190. The van der Waals surface area contributed by atoms with Crippen LogP contribution in [0.2, 0.25) is 0 Å². The first-order valence-electron chi connectivity index (χ1n) is 9.25. The second-order valence-electron chi connectivity index (χ2n) is 6.53. The van der Waals surface area contributed by atoms with Crippen LogP contribution in [0.15, 0.2) is 59.8 Å². The van der Waals surface area contributed by atoms with Crippen molar-refractivity contribution in [1.29, 1.82) is 0 Å². The number of non-ortho nitro benzene ring substituents is 1. The zero-order chi connectivity index (χ0) is 22.4. The summed E-state index contributed by atoms with van der Waals surface area (Å²) in [5, 5.41) is 19.1. The predicted octanol–water partition coefficient (Wildman–Crippen LogP) is 3.01. The molecule has 0 atom stereocenters. The number of nitrogens with one attached hydrogen (secondary N) is 1. The molecule has 3 rings (SSSR count). The van der Waals surface area contributed by atoms with Gasteiger partial charge in [0.1, 0.15) is 11.5 Å². The van der Waals surface area contributed by atoms with E-state index in [9.17, 15) is 14.9 Å². The van der Waals surface area contributed by atoms with Gasteiger partial charge >= 0.3 is 0 Å². The first-order chi connectivity index (χ1) is 14.9. The normalized spacial score (nSPS) is 11.1. The quantitative estimate of drug-likeness (QED) is 0.338. The van der Waals surface area contributed by atoms with Crippen molar-refractivity contribution in [2.75, 3.05) is 14.2 Å². The molecule has 0 saturated heterocycles. The Bertz CT molecular complexity index is 1120. The second kappa shape index (κ2) is 9.53. The SMILES string of the molecule is COc1ccc(/C(C)=N\NC(=O)c2ccn(Cc3ccc([N+](=O)[O-])cc3)n2)c(OC)c1. The molecule has 1 amide bonds. The highest BCUT2D eigenvalue weighted by Crippen LogP contribution is 2.25. The van der Waals surface area contributed by atoms with E-state index in [0.717, 1.165) is 5.56 Å². The van der Waals surface area contributed by atoms with E-state index in [1.807, 2.05) is 0 Å². The van der Waals surface area contributed by atoms with Crippen LogP contribution in [0.5, 0.6) is 11.5 Å². The summed E-state index contributed by atoms with van der Waals surface area (Å²) in [4.78, 5) is 22.7. The summed E-state index contributed by atoms with van der Waals surface area (Å²) in [6.45, 7) is 2.12. The minimum absolute atomic E-state index is 0.0194. The molecule has 1 aromatic heterocycles. The molecule has 0 bridgehead atoms. The Balaban J connectivity index is 1.66. The number of nitrogens with zero attached hydrogens (tertiary/aromatic N) is 4. The topological polar surface area (TPSA) is 121 Å². The fourth-order valence-corrected chi connectivity index (χ4v) is 2.83. The molecule has 0 spiro atoms. The van der Waals surface area contributed by atoms with Crippen LogP contribution in [-0.2, 0) is 6.54 Å². The Kier molecular flexibility index (Phi) is 6.61. The molecule has 0 aliphatic heterocycles. The lowest BCUT2D eigenvalue weighted by Gasteiger charge is -2.10. The zero-order valence-electron chi connectivity index (χ0n) is 17.2. The maximum atomic E-state index is 12.4. The summed E-state index contributed by atoms with van der Waals surface area (Å²) in [5.74, 6) is 0.757. The van der Waals surface area contributed by atoms with Crippen LogP contribution in [0.4, 0.5) is 5.69 Å². The molecule has 2 aromatic carbocycles. The molecular formula is C21H21N5O5. The Morgan fingerprint density at radius 1 is 1.16 bits per heavy atom. The van der Waals surface area contributed by atoms with E-state index in [4.69, 9.17) is 9.47 Å². The van der Waals surface area contributed by atoms with Crippen LogP contribution in [0, 0.1) is 10.1 Å². The highest BCUT2D eigenvalue weighted by molar-refractivity contribution is 6.02. The van der Waals surface area contributed by atoms with Crippen LogP contribution < -0.4 is 14.9 Å². The molecule has 0 unspecified atom stereocenters. The van der Waals surface area contributed by atoms with Crippen molar-refractivity contribution in [3.63, 3.8) is 0 Å². The lowest BCUT2D eigenvalue weighted by atomic mass is 10.1. The van der Waals surface area contributed by atoms with Gasteiger partial charge in [-0.1, -0.05) is 12.1 Å². The van der Waals surface area contributed by atoms with Crippen molar-refractivity contribution in [3.05, 3.63) is 81.7 Å². The third-order valence-electron chi connectivity index (χ3n) is 4.49. The first-order valence-corrected chi connectivity index (χ1v) is 9.25. The Hall–Kier alpha value is -4.21. The molecular weight excluding hydrogens is 402 g/mol. The molecule has 0 fully saturated rings. The molecule has 0 aliphatic carbocycles. The minimum Gasteiger partial charge on any atom is -0.497 e. The van der Waals surface area contributed by atoms with E-state index in [-0.39, 0.29) is 11.4 Å². The smallest absolute Gasteiger partial charge is 0.291 e. The maximum absolute atomic E-state index is 12.4. The average molecular weight is 423 g/mol. The average Bonchev–Trinajstić information content (AvgIpc) is 3.25. The van der Waals surface area contributed by atoms with Gasteiger partial charge in [-0.25, -0.2) is 5.43 Å².